The molecule has 0 saturated carbocycles. The van der Waals surface area contributed by atoms with Gasteiger partial charge in [-0.05, 0) is 86.9 Å². The molecule has 0 radical (unpaired) electrons. The largest absolute Gasteiger partial charge is 0.326 e. The summed E-state index contributed by atoms with van der Waals surface area (Å²) in [5, 5.41) is 6.72. The molecule has 6 heteroatoms. The van der Waals surface area contributed by atoms with E-state index in [0.29, 0.717) is 18.4 Å². The fraction of sp³-hybridized carbons (Fsp3) is 0.379. The van der Waals surface area contributed by atoms with Gasteiger partial charge >= 0.3 is 0 Å². The van der Waals surface area contributed by atoms with Crippen LogP contribution in [0.15, 0.2) is 60.7 Å². The molecule has 5 rings (SSSR count). The lowest BCUT2D eigenvalue weighted by Crippen LogP contribution is -2.48. The number of thiazole rings is 1. The Morgan fingerprint density at radius 3 is 2.77 bits per heavy atom. The molecule has 35 heavy (non-hydrogen) atoms. The summed E-state index contributed by atoms with van der Waals surface area (Å²) in [6.45, 7) is 5.08. The highest BCUT2D eigenvalue weighted by molar-refractivity contribution is 7.18. The highest BCUT2D eigenvalue weighted by atomic mass is 32.1. The Morgan fingerprint density at radius 2 is 1.94 bits per heavy atom. The number of nitrogens with zero attached hydrogens (tertiary/aromatic N) is 3. The first-order chi connectivity index (χ1) is 16.9. The molecule has 2 heterocycles. The quantitative estimate of drug-likeness (QED) is 0.352. The molecule has 1 aliphatic heterocycles. The molecule has 182 valence electrons. The molecular formula is C29H34N4OS. The molecule has 2 atom stereocenters. The summed E-state index contributed by atoms with van der Waals surface area (Å²) in [5.74, 6) is 0.550. The number of anilines is 1. The lowest BCUT2D eigenvalue weighted by molar-refractivity contribution is -0.116. The van der Waals surface area contributed by atoms with Gasteiger partial charge in [-0.25, -0.2) is 4.98 Å². The average Bonchev–Trinajstić information content (AvgIpc) is 3.22. The molecule has 1 aliphatic rings. The van der Waals surface area contributed by atoms with Gasteiger partial charge in [-0.2, -0.15) is 0 Å². The molecule has 1 amide bonds. The van der Waals surface area contributed by atoms with Crippen LogP contribution in [0.1, 0.15) is 29.8 Å². The Hall–Kier alpha value is -2.80. The van der Waals surface area contributed by atoms with Crippen LogP contribution in [-0.4, -0.2) is 53.9 Å². The van der Waals surface area contributed by atoms with Crippen molar-refractivity contribution in [2.75, 3.05) is 32.5 Å². The van der Waals surface area contributed by atoms with Crippen LogP contribution >= 0.6 is 11.3 Å². The van der Waals surface area contributed by atoms with Gasteiger partial charge < -0.3 is 10.2 Å². The predicted molar refractivity (Wildman–Crippen MR) is 147 cm³/mol. The van der Waals surface area contributed by atoms with Gasteiger partial charge in [-0.3, -0.25) is 9.69 Å². The van der Waals surface area contributed by atoms with E-state index >= 15 is 0 Å². The van der Waals surface area contributed by atoms with Crippen molar-refractivity contribution in [2.45, 2.75) is 38.8 Å². The fourth-order valence-corrected chi connectivity index (χ4v) is 6.27. The molecule has 1 aromatic heterocycles. The first-order valence-corrected chi connectivity index (χ1v) is 13.3. The molecule has 0 aliphatic carbocycles. The number of fused-ring (bicyclic) bond motifs is 2. The number of carbonyl (C=O) groups is 1. The maximum atomic E-state index is 12.8. The SMILES string of the molecule is Cc1nc2cc(NC(=O)CC[C@H]3CN(Cc4ccc5ccccc5c4)CC[C@H]3N(C)C)ccc2s1. The van der Waals surface area contributed by atoms with E-state index in [1.807, 2.05) is 25.1 Å². The number of amides is 1. The van der Waals surface area contributed by atoms with Crippen LogP contribution in [0, 0.1) is 12.8 Å². The Labute approximate surface area is 211 Å². The maximum absolute atomic E-state index is 12.8. The third-order valence-corrected chi connectivity index (χ3v) is 8.13. The van der Waals surface area contributed by atoms with Crippen molar-refractivity contribution in [3.8, 4) is 0 Å². The number of aryl methyl sites for hydroxylation is 1. The van der Waals surface area contributed by atoms with Crippen LogP contribution in [0.4, 0.5) is 5.69 Å². The average molecular weight is 487 g/mol. The van der Waals surface area contributed by atoms with Crippen LogP contribution < -0.4 is 5.32 Å². The summed E-state index contributed by atoms with van der Waals surface area (Å²) in [6.07, 6.45) is 2.56. The van der Waals surface area contributed by atoms with Gasteiger partial charge in [-0.1, -0.05) is 36.4 Å². The summed E-state index contributed by atoms with van der Waals surface area (Å²) < 4.78 is 1.16. The van der Waals surface area contributed by atoms with E-state index in [-0.39, 0.29) is 5.91 Å². The number of rotatable bonds is 7. The van der Waals surface area contributed by atoms with Crippen molar-refractivity contribution in [1.29, 1.82) is 0 Å². The van der Waals surface area contributed by atoms with Crippen molar-refractivity contribution >= 4 is 43.9 Å². The minimum absolute atomic E-state index is 0.0838. The Morgan fingerprint density at radius 1 is 1.11 bits per heavy atom. The number of piperidine rings is 1. The highest BCUT2D eigenvalue weighted by Gasteiger charge is 2.30. The van der Waals surface area contributed by atoms with E-state index < -0.39 is 0 Å². The summed E-state index contributed by atoms with van der Waals surface area (Å²) in [7, 11) is 4.34. The Balaban J connectivity index is 1.20. The minimum atomic E-state index is 0.0838. The van der Waals surface area contributed by atoms with Crippen molar-refractivity contribution in [3.05, 3.63) is 71.2 Å². The summed E-state index contributed by atoms with van der Waals surface area (Å²) in [4.78, 5) is 22.3. The topological polar surface area (TPSA) is 48.5 Å². The second kappa shape index (κ2) is 10.4. The molecule has 1 saturated heterocycles. The molecule has 0 spiro atoms. The molecule has 0 bridgehead atoms. The van der Waals surface area contributed by atoms with Gasteiger partial charge in [0.25, 0.3) is 0 Å². The van der Waals surface area contributed by atoms with E-state index in [2.05, 4.69) is 76.7 Å². The number of nitrogens with one attached hydrogen (secondary N) is 1. The van der Waals surface area contributed by atoms with Gasteiger partial charge in [0.1, 0.15) is 0 Å². The third-order valence-electron chi connectivity index (χ3n) is 7.18. The molecule has 5 nitrogen and oxygen atoms in total. The molecule has 1 fully saturated rings. The summed E-state index contributed by atoms with van der Waals surface area (Å²) >= 11 is 1.68. The van der Waals surface area contributed by atoms with Gasteiger partial charge in [0.05, 0.1) is 15.2 Å². The van der Waals surface area contributed by atoms with Crippen LogP contribution in [0.2, 0.25) is 0 Å². The third kappa shape index (κ3) is 5.72. The summed E-state index contributed by atoms with van der Waals surface area (Å²) in [6, 6.07) is 21.8. The van der Waals surface area contributed by atoms with Crippen molar-refractivity contribution in [2.24, 2.45) is 5.92 Å². The zero-order valence-electron chi connectivity index (χ0n) is 20.8. The van der Waals surface area contributed by atoms with E-state index in [1.54, 1.807) is 11.3 Å². The second-order valence-corrected chi connectivity index (χ2v) is 11.2. The van der Waals surface area contributed by atoms with Gasteiger partial charge in [-0.15, -0.1) is 11.3 Å². The number of likely N-dealkylation sites (tertiary alicyclic amines) is 1. The van der Waals surface area contributed by atoms with E-state index in [1.165, 1.54) is 16.3 Å². The Bertz CT molecular complexity index is 1330. The molecular weight excluding hydrogens is 452 g/mol. The monoisotopic (exact) mass is 486 g/mol. The highest BCUT2D eigenvalue weighted by Crippen LogP contribution is 2.28. The number of carbonyl (C=O) groups excluding carboxylic acids is 1. The zero-order valence-corrected chi connectivity index (χ0v) is 21.6. The minimum Gasteiger partial charge on any atom is -0.326 e. The second-order valence-electron chi connectivity index (χ2n) is 10.00. The molecule has 3 aromatic carbocycles. The van der Waals surface area contributed by atoms with Gasteiger partial charge in [0.2, 0.25) is 5.91 Å². The zero-order chi connectivity index (χ0) is 24.4. The summed E-state index contributed by atoms with van der Waals surface area (Å²) in [5.41, 5.74) is 3.14. The number of hydrogen-bond acceptors (Lipinski definition) is 5. The molecule has 4 aromatic rings. The standard InChI is InChI=1S/C29H34N4OS/c1-20-30-26-17-25(11-12-28(26)35-20)31-29(34)13-10-24-19-33(15-14-27(24)32(2)3)18-21-8-9-22-6-4-5-7-23(22)16-21/h4-9,11-12,16-17,24,27H,10,13-15,18-19H2,1-3H3,(H,31,34)/t24-,27+/m0/s1. The van der Waals surface area contributed by atoms with Crippen molar-refractivity contribution < 1.29 is 4.79 Å². The van der Waals surface area contributed by atoms with Gasteiger partial charge in [0.15, 0.2) is 0 Å². The van der Waals surface area contributed by atoms with Gasteiger partial charge in [0, 0.05) is 31.2 Å². The fourth-order valence-electron chi connectivity index (χ4n) is 5.46. The number of hydrogen-bond donors (Lipinski definition) is 1. The van der Waals surface area contributed by atoms with Crippen LogP contribution in [0.3, 0.4) is 0 Å². The first kappa shape index (κ1) is 23.9. The number of aromatic nitrogens is 1. The van der Waals surface area contributed by atoms with Crippen LogP contribution in [0.25, 0.3) is 21.0 Å². The predicted octanol–water partition coefficient (Wildman–Crippen LogP) is 5.93. The first-order valence-electron chi connectivity index (χ1n) is 12.5. The van der Waals surface area contributed by atoms with Crippen molar-refractivity contribution in [1.82, 2.24) is 14.8 Å². The lowest BCUT2D eigenvalue weighted by atomic mass is 9.87. The molecule has 1 N–H and O–H groups in total. The van der Waals surface area contributed by atoms with Crippen LogP contribution in [-0.2, 0) is 11.3 Å². The van der Waals surface area contributed by atoms with Crippen molar-refractivity contribution in [3.63, 3.8) is 0 Å². The van der Waals surface area contributed by atoms with E-state index in [0.717, 1.165) is 53.4 Å². The normalized spacial score (nSPS) is 19.0. The smallest absolute Gasteiger partial charge is 0.224 e. The number of benzene rings is 3. The maximum Gasteiger partial charge on any atom is 0.224 e. The lowest BCUT2D eigenvalue weighted by Gasteiger charge is -2.41. The molecule has 0 unspecified atom stereocenters. The Kier molecular flexibility index (Phi) is 7.14. The van der Waals surface area contributed by atoms with E-state index in [4.69, 9.17) is 0 Å². The van der Waals surface area contributed by atoms with Crippen LogP contribution in [0.5, 0.6) is 0 Å². The van der Waals surface area contributed by atoms with E-state index in [9.17, 15) is 4.79 Å².